The molecule has 3 heterocycles. The number of carboxylic acids is 1. The molecule has 0 spiro atoms. The number of aliphatic carboxylic acids is 1. The molecule has 2 fully saturated rings. The van der Waals surface area contributed by atoms with Gasteiger partial charge >= 0.3 is 12.1 Å². The molecule has 0 aromatic carbocycles. The molecule has 2 atom stereocenters. The second-order valence-electron chi connectivity index (χ2n) is 9.54. The van der Waals surface area contributed by atoms with Crippen molar-refractivity contribution >= 4 is 12.1 Å². The molecule has 1 aliphatic carbocycles. The lowest BCUT2D eigenvalue weighted by molar-refractivity contribution is -0.143. The molecule has 2 aliphatic rings. The zero-order valence-corrected chi connectivity index (χ0v) is 20.6. The molecule has 1 saturated carbocycles. The SMILES string of the molecule is Cc1nc(-c2nnn(C)c2COC(=O)N2CCCCCCC2)ccc1O[C@H]1CCC[C@H](C(=O)O)C1. The van der Waals surface area contributed by atoms with Gasteiger partial charge in [-0.25, -0.2) is 14.5 Å². The third-order valence-corrected chi connectivity index (χ3v) is 6.94. The fourth-order valence-electron chi connectivity index (χ4n) is 4.85. The Balaban J connectivity index is 1.42. The van der Waals surface area contributed by atoms with Gasteiger partial charge in [-0.15, -0.1) is 5.10 Å². The van der Waals surface area contributed by atoms with Gasteiger partial charge < -0.3 is 19.5 Å². The first-order valence-corrected chi connectivity index (χ1v) is 12.6. The maximum atomic E-state index is 12.7. The topological polar surface area (TPSA) is 120 Å². The van der Waals surface area contributed by atoms with Gasteiger partial charge in [0.25, 0.3) is 0 Å². The summed E-state index contributed by atoms with van der Waals surface area (Å²) in [5.74, 6) is -0.477. The van der Waals surface area contributed by atoms with E-state index in [4.69, 9.17) is 9.47 Å². The number of ether oxygens (including phenoxy) is 2. The molecule has 10 heteroatoms. The van der Waals surface area contributed by atoms with Gasteiger partial charge in [0.2, 0.25) is 0 Å². The second kappa shape index (κ2) is 11.5. The minimum absolute atomic E-state index is 0.0613. The highest BCUT2D eigenvalue weighted by Gasteiger charge is 2.28. The van der Waals surface area contributed by atoms with Crippen molar-refractivity contribution in [3.05, 3.63) is 23.5 Å². The van der Waals surface area contributed by atoms with Crippen LogP contribution in [-0.2, 0) is 23.2 Å². The molecule has 1 N–H and O–H groups in total. The zero-order valence-electron chi connectivity index (χ0n) is 20.6. The van der Waals surface area contributed by atoms with Gasteiger partial charge in [0, 0.05) is 20.1 Å². The maximum Gasteiger partial charge on any atom is 0.410 e. The Bertz CT molecular complexity index is 1030. The van der Waals surface area contributed by atoms with E-state index in [0.29, 0.717) is 41.4 Å². The molecule has 2 aromatic rings. The number of rotatable bonds is 6. The number of carbonyl (C=O) groups excluding carboxylic acids is 1. The molecule has 10 nitrogen and oxygen atoms in total. The number of carbonyl (C=O) groups is 2. The Labute approximate surface area is 205 Å². The van der Waals surface area contributed by atoms with Crippen LogP contribution in [0.4, 0.5) is 4.79 Å². The van der Waals surface area contributed by atoms with E-state index in [1.165, 1.54) is 6.42 Å². The predicted molar refractivity (Wildman–Crippen MR) is 128 cm³/mol. The van der Waals surface area contributed by atoms with Crippen LogP contribution in [0.3, 0.4) is 0 Å². The van der Waals surface area contributed by atoms with E-state index in [1.807, 2.05) is 19.1 Å². The van der Waals surface area contributed by atoms with Crippen molar-refractivity contribution in [2.24, 2.45) is 13.0 Å². The van der Waals surface area contributed by atoms with Crippen LogP contribution in [-0.4, -0.2) is 61.2 Å². The standard InChI is InChI=1S/C25H35N5O5/c1-17-22(35-19-10-8-9-18(15-19)24(31)32)12-11-20(26-17)23-21(29(2)28-27-23)16-34-25(33)30-13-6-4-3-5-7-14-30/h11-12,18-19H,3-10,13-16H2,1-2H3,(H,31,32)/t18-,19-/m0/s1. The second-order valence-corrected chi connectivity index (χ2v) is 9.54. The van der Waals surface area contributed by atoms with Crippen molar-refractivity contribution in [1.29, 1.82) is 0 Å². The molecule has 0 unspecified atom stereocenters. The fraction of sp³-hybridized carbons (Fsp3) is 0.640. The van der Waals surface area contributed by atoms with E-state index in [0.717, 1.165) is 51.6 Å². The fourth-order valence-corrected chi connectivity index (χ4v) is 4.85. The van der Waals surface area contributed by atoms with Crippen LogP contribution in [0.1, 0.15) is 69.2 Å². The highest BCUT2D eigenvalue weighted by molar-refractivity contribution is 5.70. The Morgan fingerprint density at radius 3 is 2.54 bits per heavy atom. The van der Waals surface area contributed by atoms with Gasteiger partial charge in [-0.1, -0.05) is 24.5 Å². The molecule has 0 bridgehead atoms. The van der Waals surface area contributed by atoms with Gasteiger partial charge in [0.15, 0.2) is 0 Å². The molecule has 35 heavy (non-hydrogen) atoms. The van der Waals surface area contributed by atoms with Crippen LogP contribution in [0.2, 0.25) is 0 Å². The van der Waals surface area contributed by atoms with Gasteiger partial charge in [-0.3, -0.25) is 4.79 Å². The minimum Gasteiger partial charge on any atom is -0.489 e. The third kappa shape index (κ3) is 6.29. The first-order valence-electron chi connectivity index (χ1n) is 12.6. The van der Waals surface area contributed by atoms with Crippen LogP contribution in [0.25, 0.3) is 11.4 Å². The Morgan fingerprint density at radius 1 is 1.09 bits per heavy atom. The number of carboxylic acid groups (broad SMARTS) is 1. The summed E-state index contributed by atoms with van der Waals surface area (Å²) in [5.41, 5.74) is 2.54. The predicted octanol–water partition coefficient (Wildman–Crippen LogP) is 4.11. The molecule has 1 amide bonds. The van der Waals surface area contributed by atoms with Crippen LogP contribution in [0.5, 0.6) is 5.75 Å². The van der Waals surface area contributed by atoms with Crippen LogP contribution >= 0.6 is 0 Å². The lowest BCUT2D eigenvalue weighted by atomic mass is 9.87. The van der Waals surface area contributed by atoms with Crippen molar-refractivity contribution in [1.82, 2.24) is 24.9 Å². The first-order chi connectivity index (χ1) is 16.9. The molecule has 1 saturated heterocycles. The maximum absolute atomic E-state index is 12.7. The molecular formula is C25H35N5O5. The monoisotopic (exact) mass is 485 g/mol. The number of aromatic nitrogens is 4. The van der Waals surface area contributed by atoms with Crippen molar-refractivity contribution < 1.29 is 24.2 Å². The van der Waals surface area contributed by atoms with E-state index >= 15 is 0 Å². The molecule has 4 rings (SSSR count). The van der Waals surface area contributed by atoms with Crippen molar-refractivity contribution in [2.75, 3.05) is 13.1 Å². The summed E-state index contributed by atoms with van der Waals surface area (Å²) in [4.78, 5) is 30.5. The summed E-state index contributed by atoms with van der Waals surface area (Å²) in [6, 6.07) is 3.65. The largest absolute Gasteiger partial charge is 0.489 e. The number of hydrogen-bond donors (Lipinski definition) is 1. The number of hydrogen-bond acceptors (Lipinski definition) is 7. The molecule has 2 aromatic heterocycles. The van der Waals surface area contributed by atoms with Gasteiger partial charge in [0.1, 0.15) is 23.7 Å². The van der Waals surface area contributed by atoms with Crippen molar-refractivity contribution in [3.63, 3.8) is 0 Å². The molecule has 190 valence electrons. The van der Waals surface area contributed by atoms with E-state index < -0.39 is 5.97 Å². The molecule has 0 radical (unpaired) electrons. The van der Waals surface area contributed by atoms with Gasteiger partial charge in [-0.05, 0) is 57.6 Å². The Hall–Kier alpha value is -3.17. The van der Waals surface area contributed by atoms with E-state index in [1.54, 1.807) is 16.6 Å². The summed E-state index contributed by atoms with van der Waals surface area (Å²) in [5, 5.41) is 17.7. The highest BCUT2D eigenvalue weighted by atomic mass is 16.6. The summed E-state index contributed by atoms with van der Waals surface area (Å²) in [6.45, 7) is 3.37. The third-order valence-electron chi connectivity index (χ3n) is 6.94. The Morgan fingerprint density at radius 2 is 1.83 bits per heavy atom. The number of aryl methyl sites for hydroxylation is 2. The number of likely N-dealkylation sites (tertiary alicyclic amines) is 1. The normalized spacial score (nSPS) is 21.1. The molecule has 1 aliphatic heterocycles. The minimum atomic E-state index is -0.759. The summed E-state index contributed by atoms with van der Waals surface area (Å²) < 4.78 is 13.4. The van der Waals surface area contributed by atoms with E-state index in [9.17, 15) is 14.7 Å². The zero-order chi connectivity index (χ0) is 24.8. The first kappa shape index (κ1) is 24.9. The van der Waals surface area contributed by atoms with Crippen LogP contribution in [0.15, 0.2) is 12.1 Å². The van der Waals surface area contributed by atoms with Crippen LogP contribution < -0.4 is 4.74 Å². The smallest absolute Gasteiger partial charge is 0.410 e. The summed E-state index contributed by atoms with van der Waals surface area (Å²) in [6.07, 6.45) is 7.96. The van der Waals surface area contributed by atoms with Crippen molar-refractivity contribution in [3.8, 4) is 17.1 Å². The lowest BCUT2D eigenvalue weighted by Gasteiger charge is -2.27. The van der Waals surface area contributed by atoms with Crippen LogP contribution in [0, 0.1) is 12.8 Å². The quantitative estimate of drug-likeness (QED) is 0.649. The van der Waals surface area contributed by atoms with Crippen molar-refractivity contribution in [2.45, 2.75) is 77.4 Å². The average molecular weight is 486 g/mol. The number of pyridine rings is 1. The lowest BCUT2D eigenvalue weighted by Crippen LogP contribution is -2.34. The molecular weight excluding hydrogens is 450 g/mol. The van der Waals surface area contributed by atoms with E-state index in [-0.39, 0.29) is 24.7 Å². The number of amides is 1. The average Bonchev–Trinajstić information content (AvgIpc) is 3.19. The number of nitrogens with zero attached hydrogens (tertiary/aromatic N) is 5. The summed E-state index contributed by atoms with van der Waals surface area (Å²) in [7, 11) is 1.77. The Kier molecular flexibility index (Phi) is 8.20. The van der Waals surface area contributed by atoms with Gasteiger partial charge in [-0.2, -0.15) is 0 Å². The summed E-state index contributed by atoms with van der Waals surface area (Å²) >= 11 is 0. The van der Waals surface area contributed by atoms with Gasteiger partial charge in [0.05, 0.1) is 23.4 Å². The van der Waals surface area contributed by atoms with E-state index in [2.05, 4.69) is 15.3 Å². The highest BCUT2D eigenvalue weighted by Crippen LogP contribution is 2.30.